The van der Waals surface area contributed by atoms with E-state index < -0.39 is 6.10 Å². The van der Waals surface area contributed by atoms with Crippen LogP contribution in [0.1, 0.15) is 4.88 Å². The first-order chi connectivity index (χ1) is 13.6. The van der Waals surface area contributed by atoms with E-state index in [1.807, 2.05) is 47.8 Å². The molecule has 1 atom stereocenters. The van der Waals surface area contributed by atoms with Crippen LogP contribution in [-0.4, -0.2) is 27.4 Å². The Hall–Kier alpha value is -2.03. The first-order valence-corrected chi connectivity index (χ1v) is 10.7. The van der Waals surface area contributed by atoms with Crippen LogP contribution < -0.4 is 5.56 Å². The zero-order valence-corrected chi connectivity index (χ0v) is 17.1. The molecule has 4 aromatic rings. The molecule has 144 valence electrons. The largest absolute Gasteiger partial charge is 0.389 e. The van der Waals surface area contributed by atoms with Crippen LogP contribution in [0, 0.1) is 0 Å². The molecule has 3 heterocycles. The summed E-state index contributed by atoms with van der Waals surface area (Å²) in [5.41, 5.74) is 1.48. The average Bonchev–Trinajstić information content (AvgIpc) is 3.35. The third-order valence-corrected chi connectivity index (χ3v) is 6.44. The van der Waals surface area contributed by atoms with Crippen LogP contribution in [-0.2, 0) is 17.9 Å². The highest BCUT2D eigenvalue weighted by Gasteiger charge is 2.13. The first-order valence-electron chi connectivity index (χ1n) is 8.63. The minimum atomic E-state index is -0.785. The number of ether oxygens (including phenoxy) is 1. The van der Waals surface area contributed by atoms with Crippen LogP contribution in [0.3, 0.4) is 0 Å². The summed E-state index contributed by atoms with van der Waals surface area (Å²) in [5, 5.41) is 12.9. The number of hydrogen-bond donors (Lipinski definition) is 1. The normalized spacial score (nSPS) is 12.5. The molecule has 0 saturated heterocycles. The van der Waals surface area contributed by atoms with Gasteiger partial charge in [0.15, 0.2) is 0 Å². The Morgan fingerprint density at radius 2 is 2.07 bits per heavy atom. The Kier molecular flexibility index (Phi) is 5.89. The fourth-order valence-electron chi connectivity index (χ4n) is 2.80. The Labute approximate surface area is 174 Å². The SMILES string of the molecule is O=c1c2sc(-c3ccc(Cl)cc3)cc2ncn1C[C@H](O)COCc1cccs1. The highest BCUT2D eigenvalue weighted by molar-refractivity contribution is 7.22. The van der Waals surface area contributed by atoms with Crippen molar-refractivity contribution in [2.75, 3.05) is 6.61 Å². The van der Waals surface area contributed by atoms with Gasteiger partial charge in [0.2, 0.25) is 0 Å². The number of halogens is 1. The average molecular weight is 433 g/mol. The second-order valence-electron chi connectivity index (χ2n) is 6.28. The zero-order chi connectivity index (χ0) is 19.5. The molecule has 4 rings (SSSR count). The molecule has 28 heavy (non-hydrogen) atoms. The Morgan fingerprint density at radius 3 is 2.82 bits per heavy atom. The fourth-order valence-corrected chi connectivity index (χ4v) is 4.63. The summed E-state index contributed by atoms with van der Waals surface area (Å²) in [6.07, 6.45) is 0.693. The van der Waals surface area contributed by atoms with Gasteiger partial charge >= 0.3 is 0 Å². The summed E-state index contributed by atoms with van der Waals surface area (Å²) in [6, 6.07) is 13.3. The van der Waals surface area contributed by atoms with E-state index in [1.54, 1.807) is 11.3 Å². The van der Waals surface area contributed by atoms with Crippen molar-refractivity contribution >= 4 is 44.5 Å². The first kappa shape index (κ1) is 19.3. The number of nitrogens with zero attached hydrogens (tertiary/aromatic N) is 2. The molecule has 0 amide bonds. The molecule has 0 bridgehead atoms. The minimum Gasteiger partial charge on any atom is -0.389 e. The monoisotopic (exact) mass is 432 g/mol. The van der Waals surface area contributed by atoms with Crippen molar-refractivity contribution in [1.29, 1.82) is 0 Å². The van der Waals surface area contributed by atoms with Crippen molar-refractivity contribution in [3.05, 3.63) is 74.4 Å². The number of hydrogen-bond acceptors (Lipinski definition) is 6. The predicted molar refractivity (Wildman–Crippen MR) is 114 cm³/mol. The maximum Gasteiger partial charge on any atom is 0.271 e. The lowest BCUT2D eigenvalue weighted by atomic mass is 10.2. The van der Waals surface area contributed by atoms with Gasteiger partial charge < -0.3 is 9.84 Å². The van der Waals surface area contributed by atoms with Crippen molar-refractivity contribution in [3.8, 4) is 10.4 Å². The standard InChI is InChI=1S/C20H17ClN2O3S2/c21-14-5-3-13(4-6-14)18-8-17-19(28-18)20(25)23(12-22-17)9-15(24)10-26-11-16-2-1-7-27-16/h1-8,12,15,24H,9-11H2/t15-/m0/s1. The maximum absolute atomic E-state index is 12.8. The molecule has 0 unspecified atom stereocenters. The van der Waals surface area contributed by atoms with E-state index in [1.165, 1.54) is 22.2 Å². The van der Waals surface area contributed by atoms with Gasteiger partial charge in [-0.1, -0.05) is 29.8 Å². The molecule has 5 nitrogen and oxygen atoms in total. The topological polar surface area (TPSA) is 64.4 Å². The highest BCUT2D eigenvalue weighted by Crippen LogP contribution is 2.31. The molecular formula is C20H17ClN2O3S2. The lowest BCUT2D eigenvalue weighted by molar-refractivity contribution is 0.0208. The predicted octanol–water partition coefficient (Wildman–Crippen LogP) is 4.42. The third-order valence-electron chi connectivity index (χ3n) is 4.17. The van der Waals surface area contributed by atoms with Crippen molar-refractivity contribution < 1.29 is 9.84 Å². The van der Waals surface area contributed by atoms with E-state index in [-0.39, 0.29) is 18.7 Å². The smallest absolute Gasteiger partial charge is 0.271 e. The van der Waals surface area contributed by atoms with Crippen LogP contribution in [0.15, 0.2) is 59.0 Å². The summed E-state index contributed by atoms with van der Waals surface area (Å²) in [7, 11) is 0. The van der Waals surface area contributed by atoms with E-state index in [9.17, 15) is 9.90 Å². The van der Waals surface area contributed by atoms with Crippen molar-refractivity contribution in [3.63, 3.8) is 0 Å². The van der Waals surface area contributed by atoms with Gasteiger partial charge in [0, 0.05) is 14.8 Å². The molecule has 0 aliphatic rings. The summed E-state index contributed by atoms with van der Waals surface area (Å²) < 4.78 is 7.53. The van der Waals surface area contributed by atoms with E-state index in [0.29, 0.717) is 21.8 Å². The molecule has 1 aromatic carbocycles. The molecule has 3 aromatic heterocycles. The molecular weight excluding hydrogens is 416 g/mol. The van der Waals surface area contributed by atoms with E-state index in [4.69, 9.17) is 16.3 Å². The summed E-state index contributed by atoms with van der Waals surface area (Å²) in [5.74, 6) is 0. The molecule has 0 radical (unpaired) electrons. The van der Waals surface area contributed by atoms with E-state index >= 15 is 0 Å². The lowest BCUT2D eigenvalue weighted by Crippen LogP contribution is -2.29. The van der Waals surface area contributed by atoms with Crippen LogP contribution in [0.5, 0.6) is 0 Å². The minimum absolute atomic E-state index is 0.139. The number of thiophene rings is 2. The molecule has 0 aliphatic heterocycles. The number of aliphatic hydroxyl groups excluding tert-OH is 1. The molecule has 0 aliphatic carbocycles. The van der Waals surface area contributed by atoms with Gasteiger partial charge in [-0.15, -0.1) is 22.7 Å². The Bertz CT molecular complexity index is 1120. The second kappa shape index (κ2) is 8.55. The molecule has 0 spiro atoms. The van der Waals surface area contributed by atoms with Gasteiger partial charge in [-0.25, -0.2) is 4.98 Å². The number of rotatable bonds is 7. The van der Waals surface area contributed by atoms with Crippen LogP contribution >= 0.6 is 34.3 Å². The van der Waals surface area contributed by atoms with Crippen LogP contribution in [0.25, 0.3) is 20.7 Å². The van der Waals surface area contributed by atoms with Crippen molar-refractivity contribution in [2.45, 2.75) is 19.3 Å². The van der Waals surface area contributed by atoms with Crippen LogP contribution in [0.4, 0.5) is 0 Å². The molecule has 1 N–H and O–H groups in total. The van der Waals surface area contributed by atoms with Crippen LogP contribution in [0.2, 0.25) is 5.02 Å². The number of aliphatic hydroxyl groups is 1. The van der Waals surface area contributed by atoms with E-state index in [0.717, 1.165) is 15.3 Å². The van der Waals surface area contributed by atoms with Gasteiger partial charge in [-0.3, -0.25) is 9.36 Å². The van der Waals surface area contributed by atoms with E-state index in [2.05, 4.69) is 4.98 Å². The maximum atomic E-state index is 12.8. The Morgan fingerprint density at radius 1 is 1.25 bits per heavy atom. The van der Waals surface area contributed by atoms with Gasteiger partial charge in [-0.2, -0.15) is 0 Å². The van der Waals surface area contributed by atoms with Gasteiger partial charge in [0.05, 0.1) is 37.7 Å². The number of aromatic nitrogens is 2. The number of fused-ring (bicyclic) bond motifs is 1. The molecule has 0 fully saturated rings. The fraction of sp³-hybridized carbons (Fsp3) is 0.200. The molecule has 0 saturated carbocycles. The van der Waals surface area contributed by atoms with Gasteiger partial charge in [0.25, 0.3) is 5.56 Å². The van der Waals surface area contributed by atoms with Gasteiger partial charge in [0.1, 0.15) is 4.70 Å². The highest BCUT2D eigenvalue weighted by atomic mass is 35.5. The Balaban J connectivity index is 1.47. The van der Waals surface area contributed by atoms with Crippen molar-refractivity contribution in [1.82, 2.24) is 9.55 Å². The summed E-state index contributed by atoms with van der Waals surface area (Å²) in [6.45, 7) is 0.750. The second-order valence-corrected chi connectivity index (χ2v) is 8.80. The number of benzene rings is 1. The quantitative estimate of drug-likeness (QED) is 0.469. The summed E-state index contributed by atoms with van der Waals surface area (Å²) >= 11 is 8.94. The van der Waals surface area contributed by atoms with Gasteiger partial charge in [-0.05, 0) is 35.2 Å². The molecule has 8 heteroatoms. The third kappa shape index (κ3) is 4.34. The van der Waals surface area contributed by atoms with Crippen molar-refractivity contribution in [2.24, 2.45) is 0 Å². The summed E-state index contributed by atoms with van der Waals surface area (Å²) in [4.78, 5) is 19.2. The zero-order valence-electron chi connectivity index (χ0n) is 14.7. The lowest BCUT2D eigenvalue weighted by Gasteiger charge is -2.12.